The Morgan fingerprint density at radius 2 is 1.95 bits per heavy atom. The van der Waals surface area contributed by atoms with E-state index < -0.39 is 6.04 Å². The highest BCUT2D eigenvalue weighted by atomic mass is 35.5. The van der Waals surface area contributed by atoms with E-state index >= 15 is 0 Å². The molecule has 1 unspecified atom stereocenters. The molecule has 0 radical (unpaired) electrons. The summed E-state index contributed by atoms with van der Waals surface area (Å²) in [6.45, 7) is 0. The van der Waals surface area contributed by atoms with Crippen molar-refractivity contribution in [3.8, 4) is 0 Å². The molecular formula is C16H17ClN2O. The second-order valence-electron chi connectivity index (χ2n) is 5.32. The highest BCUT2D eigenvalue weighted by Crippen LogP contribution is 2.25. The summed E-state index contributed by atoms with van der Waals surface area (Å²) in [4.78, 5) is 12.5. The molecule has 3 nitrogen and oxygen atoms in total. The van der Waals surface area contributed by atoms with Gasteiger partial charge in [-0.15, -0.1) is 0 Å². The van der Waals surface area contributed by atoms with E-state index in [-0.39, 0.29) is 5.56 Å². The van der Waals surface area contributed by atoms with Gasteiger partial charge in [-0.25, -0.2) is 0 Å². The van der Waals surface area contributed by atoms with E-state index in [4.69, 9.17) is 17.3 Å². The van der Waals surface area contributed by atoms with Gasteiger partial charge in [-0.3, -0.25) is 4.79 Å². The molecule has 1 atom stereocenters. The Bertz CT molecular complexity index is 704. The van der Waals surface area contributed by atoms with Crippen molar-refractivity contribution in [1.82, 2.24) is 4.57 Å². The minimum Gasteiger partial charge on any atom is -0.320 e. The van der Waals surface area contributed by atoms with Crippen LogP contribution in [0, 0.1) is 0 Å². The Morgan fingerprint density at radius 3 is 2.65 bits per heavy atom. The van der Waals surface area contributed by atoms with E-state index in [1.807, 2.05) is 25.2 Å². The number of aryl methyl sites for hydroxylation is 1. The van der Waals surface area contributed by atoms with Gasteiger partial charge in [0, 0.05) is 23.3 Å². The molecule has 0 spiro atoms. The van der Waals surface area contributed by atoms with Crippen LogP contribution in [0.1, 0.15) is 34.8 Å². The maximum Gasteiger partial charge on any atom is 0.255 e. The van der Waals surface area contributed by atoms with Crippen LogP contribution < -0.4 is 11.3 Å². The molecule has 0 saturated heterocycles. The minimum absolute atomic E-state index is 0.00750. The molecule has 1 aliphatic rings. The lowest BCUT2D eigenvalue weighted by Crippen LogP contribution is -2.29. The van der Waals surface area contributed by atoms with Crippen molar-refractivity contribution in [3.63, 3.8) is 0 Å². The highest BCUT2D eigenvalue weighted by Gasteiger charge is 2.20. The van der Waals surface area contributed by atoms with Crippen LogP contribution in [0.15, 0.2) is 35.1 Å². The summed E-state index contributed by atoms with van der Waals surface area (Å²) in [6, 6.07) is 8.93. The lowest BCUT2D eigenvalue weighted by molar-refractivity contribution is 0.743. The normalized spacial score (nSPS) is 15.2. The summed E-state index contributed by atoms with van der Waals surface area (Å²) >= 11 is 5.89. The number of benzene rings is 1. The highest BCUT2D eigenvalue weighted by molar-refractivity contribution is 6.30. The SMILES string of the molecule is Cn1c2c(cc(C(N)c3ccc(Cl)cc3)c1=O)CCC2. The fourth-order valence-corrected chi connectivity index (χ4v) is 3.05. The molecule has 1 aromatic heterocycles. The molecule has 0 bridgehead atoms. The molecule has 0 saturated carbocycles. The molecule has 3 rings (SSSR count). The molecule has 4 heteroatoms. The van der Waals surface area contributed by atoms with Gasteiger partial charge in [-0.05, 0) is 48.6 Å². The van der Waals surface area contributed by atoms with Gasteiger partial charge in [-0.1, -0.05) is 23.7 Å². The van der Waals surface area contributed by atoms with Crippen LogP contribution in [0.5, 0.6) is 0 Å². The first-order valence-electron chi connectivity index (χ1n) is 6.80. The van der Waals surface area contributed by atoms with Gasteiger partial charge in [0.25, 0.3) is 5.56 Å². The van der Waals surface area contributed by atoms with Crippen LogP contribution in [-0.2, 0) is 19.9 Å². The summed E-state index contributed by atoms with van der Waals surface area (Å²) < 4.78 is 1.76. The monoisotopic (exact) mass is 288 g/mol. The lowest BCUT2D eigenvalue weighted by atomic mass is 9.99. The topological polar surface area (TPSA) is 48.0 Å². The van der Waals surface area contributed by atoms with Gasteiger partial charge in [-0.2, -0.15) is 0 Å². The van der Waals surface area contributed by atoms with Gasteiger partial charge >= 0.3 is 0 Å². The molecule has 20 heavy (non-hydrogen) atoms. The molecule has 0 fully saturated rings. The Labute approximate surface area is 123 Å². The third-order valence-electron chi connectivity index (χ3n) is 4.08. The number of hydrogen-bond acceptors (Lipinski definition) is 2. The van der Waals surface area contributed by atoms with Gasteiger partial charge in [0.2, 0.25) is 0 Å². The summed E-state index contributed by atoms with van der Waals surface area (Å²) in [5.74, 6) is 0. The van der Waals surface area contributed by atoms with Crippen molar-refractivity contribution >= 4 is 11.6 Å². The zero-order chi connectivity index (χ0) is 14.3. The van der Waals surface area contributed by atoms with Crippen molar-refractivity contribution in [1.29, 1.82) is 0 Å². The van der Waals surface area contributed by atoms with Crippen molar-refractivity contribution in [2.45, 2.75) is 25.3 Å². The average molecular weight is 289 g/mol. The molecule has 1 aromatic carbocycles. The standard InChI is InChI=1S/C16H17ClN2O/c1-19-14-4-2-3-11(14)9-13(16(19)20)15(18)10-5-7-12(17)8-6-10/h5-9,15H,2-4,18H2,1H3. The Morgan fingerprint density at radius 1 is 1.25 bits per heavy atom. The molecule has 104 valence electrons. The third-order valence-corrected chi connectivity index (χ3v) is 4.33. The van der Waals surface area contributed by atoms with Crippen molar-refractivity contribution in [2.24, 2.45) is 12.8 Å². The zero-order valence-corrected chi connectivity index (χ0v) is 12.2. The predicted molar refractivity (Wildman–Crippen MR) is 81.2 cm³/mol. The first-order valence-corrected chi connectivity index (χ1v) is 7.18. The smallest absolute Gasteiger partial charge is 0.255 e. The Balaban J connectivity index is 2.08. The van der Waals surface area contributed by atoms with E-state index in [2.05, 4.69) is 0 Å². The molecule has 0 aliphatic heterocycles. The molecule has 1 aliphatic carbocycles. The third kappa shape index (κ3) is 2.17. The molecular weight excluding hydrogens is 272 g/mol. The van der Waals surface area contributed by atoms with E-state index in [0.29, 0.717) is 10.6 Å². The first-order chi connectivity index (χ1) is 9.58. The van der Waals surface area contributed by atoms with E-state index in [9.17, 15) is 4.79 Å². The van der Waals surface area contributed by atoms with Crippen molar-refractivity contribution < 1.29 is 0 Å². The van der Waals surface area contributed by atoms with E-state index in [1.165, 1.54) is 5.56 Å². The second-order valence-corrected chi connectivity index (χ2v) is 5.75. The van der Waals surface area contributed by atoms with Gasteiger partial charge in [0.05, 0.1) is 6.04 Å². The quantitative estimate of drug-likeness (QED) is 0.923. The molecule has 2 N–H and O–H groups in total. The van der Waals surface area contributed by atoms with Gasteiger partial charge in [0.1, 0.15) is 0 Å². The zero-order valence-electron chi connectivity index (χ0n) is 11.4. The van der Waals surface area contributed by atoms with E-state index in [1.54, 1.807) is 16.7 Å². The Kier molecular flexibility index (Phi) is 3.40. The lowest BCUT2D eigenvalue weighted by Gasteiger charge is -2.16. The number of aromatic nitrogens is 1. The summed E-state index contributed by atoms with van der Waals surface area (Å²) in [5.41, 5.74) is 10.3. The number of hydrogen-bond donors (Lipinski definition) is 1. The number of halogens is 1. The molecule has 2 aromatic rings. The maximum atomic E-state index is 12.5. The van der Waals surface area contributed by atoms with Crippen LogP contribution in [-0.4, -0.2) is 4.57 Å². The van der Waals surface area contributed by atoms with Crippen LogP contribution in [0.25, 0.3) is 0 Å². The minimum atomic E-state index is -0.406. The summed E-state index contributed by atoms with van der Waals surface area (Å²) in [6.07, 6.45) is 3.13. The number of nitrogens with two attached hydrogens (primary N) is 1. The second kappa shape index (κ2) is 5.08. The van der Waals surface area contributed by atoms with Crippen molar-refractivity contribution in [3.05, 3.63) is 68.1 Å². The summed E-state index contributed by atoms with van der Waals surface area (Å²) in [7, 11) is 1.84. The van der Waals surface area contributed by atoms with Gasteiger partial charge < -0.3 is 10.3 Å². The largest absolute Gasteiger partial charge is 0.320 e. The number of pyridine rings is 1. The van der Waals surface area contributed by atoms with Crippen LogP contribution in [0.4, 0.5) is 0 Å². The maximum absolute atomic E-state index is 12.5. The number of fused-ring (bicyclic) bond motifs is 1. The van der Waals surface area contributed by atoms with Crippen LogP contribution >= 0.6 is 11.6 Å². The predicted octanol–water partition coefficient (Wildman–Crippen LogP) is 2.58. The van der Waals surface area contributed by atoms with Crippen LogP contribution in [0.2, 0.25) is 5.02 Å². The summed E-state index contributed by atoms with van der Waals surface area (Å²) in [5, 5.41) is 0.669. The van der Waals surface area contributed by atoms with E-state index in [0.717, 1.165) is 30.5 Å². The molecule has 0 amide bonds. The average Bonchev–Trinajstić information content (AvgIpc) is 2.91. The van der Waals surface area contributed by atoms with Crippen molar-refractivity contribution in [2.75, 3.05) is 0 Å². The number of nitrogens with zero attached hydrogens (tertiary/aromatic N) is 1. The first kappa shape index (κ1) is 13.4. The van der Waals surface area contributed by atoms with Crippen LogP contribution in [0.3, 0.4) is 0 Å². The fraction of sp³-hybridized carbons (Fsp3) is 0.312. The number of rotatable bonds is 2. The fourth-order valence-electron chi connectivity index (χ4n) is 2.93. The van der Waals surface area contributed by atoms with Gasteiger partial charge in [0.15, 0.2) is 0 Å². The Hall–Kier alpha value is -1.58. The molecule has 1 heterocycles.